The van der Waals surface area contributed by atoms with Crippen molar-refractivity contribution < 1.29 is 19.5 Å². The van der Waals surface area contributed by atoms with E-state index in [4.69, 9.17) is 5.11 Å². The molecule has 0 aliphatic carbocycles. The van der Waals surface area contributed by atoms with Gasteiger partial charge in [0.25, 0.3) is 5.91 Å². The molecule has 0 aromatic carbocycles. The fourth-order valence-electron chi connectivity index (χ4n) is 2.05. The van der Waals surface area contributed by atoms with Crippen LogP contribution in [0.5, 0.6) is 0 Å². The van der Waals surface area contributed by atoms with Gasteiger partial charge in [-0.3, -0.25) is 14.5 Å². The van der Waals surface area contributed by atoms with Crippen molar-refractivity contribution in [1.82, 2.24) is 15.5 Å². The molecule has 0 aromatic rings. The number of aliphatic hydroxyl groups is 1. The third-order valence-electron chi connectivity index (χ3n) is 3.45. The van der Waals surface area contributed by atoms with E-state index in [9.17, 15) is 14.4 Å². The van der Waals surface area contributed by atoms with Crippen LogP contribution in [0, 0.1) is 5.92 Å². The standard InChI is InChI=1S/C13H23N3O4/c1-4-9(5-6-17)7-14-10(18)8-16-11(19)13(2,3)15-12(16)20/h9,17H,4-8H2,1-3H3,(H,14,18)(H,15,20). The Labute approximate surface area is 118 Å². The lowest BCUT2D eigenvalue weighted by atomic mass is 10.0. The van der Waals surface area contributed by atoms with E-state index in [0.717, 1.165) is 11.3 Å². The Hall–Kier alpha value is -1.63. The van der Waals surface area contributed by atoms with Gasteiger partial charge in [-0.15, -0.1) is 0 Å². The zero-order valence-corrected chi connectivity index (χ0v) is 12.2. The summed E-state index contributed by atoms with van der Waals surface area (Å²) in [5.74, 6) is -0.578. The Kier molecular flexibility index (Phi) is 5.50. The summed E-state index contributed by atoms with van der Waals surface area (Å²) in [6.07, 6.45) is 1.46. The van der Waals surface area contributed by atoms with Gasteiger partial charge in [-0.1, -0.05) is 13.3 Å². The minimum Gasteiger partial charge on any atom is -0.396 e. The molecule has 1 heterocycles. The number of imide groups is 1. The van der Waals surface area contributed by atoms with Crippen molar-refractivity contribution in [1.29, 1.82) is 0 Å². The van der Waals surface area contributed by atoms with E-state index in [1.807, 2.05) is 6.92 Å². The first kappa shape index (κ1) is 16.4. The van der Waals surface area contributed by atoms with E-state index >= 15 is 0 Å². The summed E-state index contributed by atoms with van der Waals surface area (Å²) < 4.78 is 0. The molecule has 0 aromatic heterocycles. The molecule has 0 spiro atoms. The number of nitrogens with one attached hydrogen (secondary N) is 2. The first-order valence-corrected chi connectivity index (χ1v) is 6.83. The summed E-state index contributed by atoms with van der Waals surface area (Å²) in [6.45, 7) is 5.41. The number of carbonyl (C=O) groups excluding carboxylic acids is 3. The molecule has 1 unspecified atom stereocenters. The highest BCUT2D eigenvalue weighted by Crippen LogP contribution is 2.16. The van der Waals surface area contributed by atoms with Gasteiger partial charge in [-0.25, -0.2) is 4.79 Å². The number of amides is 4. The SMILES string of the molecule is CCC(CCO)CNC(=O)CN1C(=O)NC(C)(C)C1=O. The van der Waals surface area contributed by atoms with Crippen LogP contribution < -0.4 is 10.6 Å². The lowest BCUT2D eigenvalue weighted by Crippen LogP contribution is -2.43. The molecule has 7 nitrogen and oxygen atoms in total. The summed E-state index contributed by atoms with van der Waals surface area (Å²) in [5, 5.41) is 14.1. The number of nitrogens with zero attached hydrogens (tertiary/aromatic N) is 1. The maximum atomic E-state index is 11.9. The van der Waals surface area contributed by atoms with Crippen LogP contribution in [-0.2, 0) is 9.59 Å². The fraction of sp³-hybridized carbons (Fsp3) is 0.769. The van der Waals surface area contributed by atoms with Crippen molar-refractivity contribution in [3.63, 3.8) is 0 Å². The normalized spacial score (nSPS) is 18.9. The second-order valence-electron chi connectivity index (χ2n) is 5.54. The Morgan fingerprint density at radius 3 is 2.55 bits per heavy atom. The lowest BCUT2D eigenvalue weighted by molar-refractivity contribution is -0.134. The minimum atomic E-state index is -0.958. The average molecular weight is 285 g/mol. The second kappa shape index (κ2) is 6.69. The highest BCUT2D eigenvalue weighted by molar-refractivity contribution is 6.08. The van der Waals surface area contributed by atoms with Crippen LogP contribution in [0.2, 0.25) is 0 Å². The number of carbonyl (C=O) groups is 3. The maximum Gasteiger partial charge on any atom is 0.325 e. The number of aliphatic hydroxyl groups excluding tert-OH is 1. The van der Waals surface area contributed by atoms with Crippen LogP contribution >= 0.6 is 0 Å². The predicted molar refractivity (Wildman–Crippen MR) is 72.8 cm³/mol. The van der Waals surface area contributed by atoms with Gasteiger partial charge in [0.1, 0.15) is 12.1 Å². The summed E-state index contributed by atoms with van der Waals surface area (Å²) in [7, 11) is 0. The van der Waals surface area contributed by atoms with E-state index in [1.165, 1.54) is 0 Å². The zero-order valence-electron chi connectivity index (χ0n) is 12.2. The molecule has 1 aliphatic rings. The quantitative estimate of drug-likeness (QED) is 0.566. The second-order valence-corrected chi connectivity index (χ2v) is 5.54. The maximum absolute atomic E-state index is 11.9. The molecule has 4 amide bonds. The highest BCUT2D eigenvalue weighted by Gasteiger charge is 2.44. The van der Waals surface area contributed by atoms with Crippen LogP contribution in [0.25, 0.3) is 0 Å². The molecule has 1 saturated heterocycles. The van der Waals surface area contributed by atoms with Crippen molar-refractivity contribution in [3.8, 4) is 0 Å². The Morgan fingerprint density at radius 2 is 2.10 bits per heavy atom. The van der Waals surface area contributed by atoms with Gasteiger partial charge >= 0.3 is 6.03 Å². The van der Waals surface area contributed by atoms with Crippen molar-refractivity contribution in [2.75, 3.05) is 19.7 Å². The van der Waals surface area contributed by atoms with Gasteiger partial charge in [0.2, 0.25) is 5.91 Å². The molecule has 7 heteroatoms. The van der Waals surface area contributed by atoms with Gasteiger partial charge < -0.3 is 15.7 Å². The minimum absolute atomic E-state index is 0.0790. The summed E-state index contributed by atoms with van der Waals surface area (Å²) >= 11 is 0. The van der Waals surface area contributed by atoms with Crippen molar-refractivity contribution in [2.45, 2.75) is 39.2 Å². The average Bonchev–Trinajstić information content (AvgIpc) is 2.56. The molecule has 1 atom stereocenters. The number of hydrogen-bond donors (Lipinski definition) is 3. The van der Waals surface area contributed by atoms with Crippen LogP contribution in [-0.4, -0.2) is 53.1 Å². The third kappa shape index (κ3) is 3.93. The van der Waals surface area contributed by atoms with E-state index < -0.39 is 17.5 Å². The monoisotopic (exact) mass is 285 g/mol. The Bertz CT molecular complexity index is 395. The van der Waals surface area contributed by atoms with Crippen molar-refractivity contribution in [2.24, 2.45) is 5.92 Å². The molecule has 0 bridgehead atoms. The molecule has 0 radical (unpaired) electrons. The zero-order chi connectivity index (χ0) is 15.3. The Balaban J connectivity index is 2.47. The van der Waals surface area contributed by atoms with Crippen LogP contribution in [0.3, 0.4) is 0 Å². The third-order valence-corrected chi connectivity index (χ3v) is 3.45. The first-order valence-electron chi connectivity index (χ1n) is 6.83. The van der Waals surface area contributed by atoms with E-state index in [0.29, 0.717) is 13.0 Å². The lowest BCUT2D eigenvalue weighted by Gasteiger charge is -2.17. The van der Waals surface area contributed by atoms with Crippen LogP contribution in [0.15, 0.2) is 0 Å². The van der Waals surface area contributed by atoms with Gasteiger partial charge in [0, 0.05) is 13.2 Å². The highest BCUT2D eigenvalue weighted by atomic mass is 16.3. The smallest absolute Gasteiger partial charge is 0.325 e. The molecule has 3 N–H and O–H groups in total. The predicted octanol–water partition coefficient (Wildman–Crippen LogP) is -0.158. The topological polar surface area (TPSA) is 98.7 Å². The number of urea groups is 1. The molecule has 1 aliphatic heterocycles. The van der Waals surface area contributed by atoms with Gasteiger partial charge in [0.15, 0.2) is 0 Å². The van der Waals surface area contributed by atoms with Crippen molar-refractivity contribution >= 4 is 17.8 Å². The molecule has 1 rings (SSSR count). The van der Waals surface area contributed by atoms with Crippen LogP contribution in [0.4, 0.5) is 4.79 Å². The summed E-state index contributed by atoms with van der Waals surface area (Å²) in [4.78, 5) is 36.2. The summed E-state index contributed by atoms with van der Waals surface area (Å²) in [5.41, 5.74) is -0.958. The summed E-state index contributed by atoms with van der Waals surface area (Å²) in [6, 6.07) is -0.544. The Morgan fingerprint density at radius 1 is 1.45 bits per heavy atom. The fourth-order valence-corrected chi connectivity index (χ4v) is 2.05. The molecule has 0 saturated carbocycles. The number of rotatable bonds is 7. The van der Waals surface area contributed by atoms with Gasteiger partial charge in [0.05, 0.1) is 0 Å². The molecule has 20 heavy (non-hydrogen) atoms. The van der Waals surface area contributed by atoms with E-state index in [1.54, 1.807) is 13.8 Å². The van der Waals surface area contributed by atoms with Gasteiger partial charge in [-0.2, -0.15) is 0 Å². The number of hydrogen-bond acceptors (Lipinski definition) is 4. The first-order chi connectivity index (χ1) is 9.31. The molecular weight excluding hydrogens is 262 g/mol. The van der Waals surface area contributed by atoms with E-state index in [-0.39, 0.29) is 25.0 Å². The largest absolute Gasteiger partial charge is 0.396 e. The molecular formula is C13H23N3O4. The molecule has 114 valence electrons. The van der Waals surface area contributed by atoms with Crippen LogP contribution in [0.1, 0.15) is 33.6 Å². The van der Waals surface area contributed by atoms with E-state index in [2.05, 4.69) is 10.6 Å². The van der Waals surface area contributed by atoms with Crippen molar-refractivity contribution in [3.05, 3.63) is 0 Å². The molecule has 1 fully saturated rings. The van der Waals surface area contributed by atoms with Gasteiger partial charge in [-0.05, 0) is 26.2 Å².